The number of aliphatic carboxylic acids is 1. The molecule has 8 nitrogen and oxygen atoms in total. The van der Waals surface area contributed by atoms with Gasteiger partial charge >= 0.3 is 11.7 Å². The number of para-hydroxylation sites is 2. The molecule has 0 bridgehead atoms. The maximum atomic E-state index is 12.0. The SMILES string of the molecule is O=C(O)[C@H]1CCCN1C(=O)CCOc1ccccc1[N+](=O)[O-]. The van der Waals surface area contributed by atoms with Crippen LogP contribution in [0.5, 0.6) is 5.75 Å². The lowest BCUT2D eigenvalue weighted by Gasteiger charge is -2.21. The summed E-state index contributed by atoms with van der Waals surface area (Å²) in [7, 11) is 0. The molecule has 1 N–H and O–H groups in total. The van der Waals surface area contributed by atoms with E-state index >= 15 is 0 Å². The summed E-state index contributed by atoms with van der Waals surface area (Å²) >= 11 is 0. The van der Waals surface area contributed by atoms with E-state index in [1.165, 1.54) is 23.1 Å². The lowest BCUT2D eigenvalue weighted by Crippen LogP contribution is -2.40. The van der Waals surface area contributed by atoms with Crippen LogP contribution in [-0.2, 0) is 9.59 Å². The molecule has 0 saturated carbocycles. The van der Waals surface area contributed by atoms with Crippen molar-refractivity contribution in [2.24, 2.45) is 0 Å². The zero-order valence-electron chi connectivity index (χ0n) is 11.8. The third-order valence-corrected chi connectivity index (χ3v) is 3.49. The predicted octanol–water partition coefficient (Wildman–Crippen LogP) is 1.44. The van der Waals surface area contributed by atoms with E-state index < -0.39 is 16.9 Å². The molecule has 1 atom stereocenters. The zero-order chi connectivity index (χ0) is 16.1. The smallest absolute Gasteiger partial charge is 0.326 e. The summed E-state index contributed by atoms with van der Waals surface area (Å²) in [5.41, 5.74) is -0.167. The van der Waals surface area contributed by atoms with Crippen molar-refractivity contribution in [1.82, 2.24) is 4.90 Å². The molecule has 1 saturated heterocycles. The summed E-state index contributed by atoms with van der Waals surface area (Å²) in [4.78, 5) is 34.6. The van der Waals surface area contributed by atoms with Gasteiger partial charge in [-0.1, -0.05) is 12.1 Å². The minimum absolute atomic E-state index is 0.0180. The number of likely N-dealkylation sites (tertiary alicyclic amines) is 1. The van der Waals surface area contributed by atoms with Gasteiger partial charge in [-0.2, -0.15) is 0 Å². The molecule has 1 aliphatic rings. The molecule has 22 heavy (non-hydrogen) atoms. The van der Waals surface area contributed by atoms with E-state index in [2.05, 4.69) is 0 Å². The lowest BCUT2D eigenvalue weighted by molar-refractivity contribution is -0.385. The van der Waals surface area contributed by atoms with Crippen LogP contribution in [0.15, 0.2) is 24.3 Å². The fraction of sp³-hybridized carbons (Fsp3) is 0.429. The Kier molecular flexibility index (Phi) is 4.92. The van der Waals surface area contributed by atoms with Gasteiger partial charge in [0.05, 0.1) is 18.0 Å². The van der Waals surface area contributed by atoms with Crippen LogP contribution >= 0.6 is 0 Å². The van der Waals surface area contributed by atoms with Crippen molar-refractivity contribution < 1.29 is 24.4 Å². The Morgan fingerprint density at radius 3 is 2.82 bits per heavy atom. The van der Waals surface area contributed by atoms with Crippen molar-refractivity contribution in [3.63, 3.8) is 0 Å². The summed E-state index contributed by atoms with van der Waals surface area (Å²) in [5.74, 6) is -1.23. The first-order valence-corrected chi connectivity index (χ1v) is 6.89. The molecule has 0 aromatic heterocycles. The van der Waals surface area contributed by atoms with Gasteiger partial charge in [0, 0.05) is 12.6 Å². The van der Waals surface area contributed by atoms with Gasteiger partial charge in [-0.15, -0.1) is 0 Å². The van der Waals surface area contributed by atoms with Gasteiger partial charge in [0.2, 0.25) is 5.91 Å². The van der Waals surface area contributed by atoms with Gasteiger partial charge in [0.25, 0.3) is 0 Å². The highest BCUT2D eigenvalue weighted by molar-refractivity contribution is 5.84. The second-order valence-corrected chi connectivity index (χ2v) is 4.91. The summed E-state index contributed by atoms with van der Waals surface area (Å²) in [6.45, 7) is 0.383. The molecule has 1 heterocycles. The lowest BCUT2D eigenvalue weighted by atomic mass is 10.2. The topological polar surface area (TPSA) is 110 Å². The summed E-state index contributed by atoms with van der Waals surface area (Å²) in [5, 5.41) is 19.9. The number of benzene rings is 1. The first-order chi connectivity index (χ1) is 10.5. The third kappa shape index (κ3) is 3.51. The molecule has 0 radical (unpaired) electrons. The molecular formula is C14H16N2O6. The Morgan fingerprint density at radius 2 is 2.14 bits per heavy atom. The molecule has 1 aromatic rings. The van der Waals surface area contributed by atoms with E-state index in [4.69, 9.17) is 9.84 Å². The Morgan fingerprint density at radius 1 is 1.41 bits per heavy atom. The van der Waals surface area contributed by atoms with Crippen LogP contribution in [0.3, 0.4) is 0 Å². The van der Waals surface area contributed by atoms with Crippen LogP contribution in [0, 0.1) is 10.1 Å². The number of nitrogens with zero attached hydrogens (tertiary/aromatic N) is 2. The predicted molar refractivity (Wildman–Crippen MR) is 75.6 cm³/mol. The molecule has 1 aliphatic heterocycles. The van der Waals surface area contributed by atoms with Gasteiger partial charge < -0.3 is 14.7 Å². The number of carboxylic acids is 1. The van der Waals surface area contributed by atoms with Crippen LogP contribution in [0.2, 0.25) is 0 Å². The molecule has 2 rings (SSSR count). The highest BCUT2D eigenvalue weighted by Crippen LogP contribution is 2.26. The van der Waals surface area contributed by atoms with Gasteiger partial charge in [0.1, 0.15) is 6.04 Å². The number of hydrogen-bond acceptors (Lipinski definition) is 5. The molecule has 0 aliphatic carbocycles. The van der Waals surface area contributed by atoms with Crippen molar-refractivity contribution in [2.45, 2.75) is 25.3 Å². The summed E-state index contributed by atoms with van der Waals surface area (Å²) < 4.78 is 5.29. The standard InChI is InChI=1S/C14H16N2O6/c17-13(15-8-3-5-11(15)14(18)19)7-9-22-12-6-2-1-4-10(12)16(20)21/h1-2,4,6,11H,3,5,7-9H2,(H,18,19)/t11-/m1/s1. The quantitative estimate of drug-likeness (QED) is 0.629. The number of carbonyl (C=O) groups excluding carboxylic acids is 1. The van der Waals surface area contributed by atoms with Crippen LogP contribution in [-0.4, -0.2) is 46.0 Å². The van der Waals surface area contributed by atoms with Gasteiger partial charge in [-0.25, -0.2) is 4.79 Å². The second kappa shape index (κ2) is 6.88. The van der Waals surface area contributed by atoms with Crippen LogP contribution in [0.1, 0.15) is 19.3 Å². The molecule has 0 spiro atoms. The summed E-state index contributed by atoms with van der Waals surface area (Å²) in [6, 6.07) is 5.12. The van der Waals surface area contributed by atoms with Crippen LogP contribution in [0.25, 0.3) is 0 Å². The van der Waals surface area contributed by atoms with Gasteiger partial charge in [-0.05, 0) is 18.9 Å². The number of rotatable bonds is 6. The normalized spacial score (nSPS) is 17.3. The number of amides is 1. The molecule has 8 heteroatoms. The van der Waals surface area contributed by atoms with E-state index in [1.807, 2.05) is 0 Å². The van der Waals surface area contributed by atoms with Crippen molar-refractivity contribution in [3.8, 4) is 5.75 Å². The van der Waals surface area contributed by atoms with Gasteiger partial charge in [0.15, 0.2) is 5.75 Å². The molecule has 0 unspecified atom stereocenters. The zero-order valence-corrected chi connectivity index (χ0v) is 11.8. The van der Waals surface area contributed by atoms with Crippen molar-refractivity contribution >= 4 is 17.6 Å². The van der Waals surface area contributed by atoms with E-state index in [-0.39, 0.29) is 30.4 Å². The number of carbonyl (C=O) groups is 2. The maximum absolute atomic E-state index is 12.0. The maximum Gasteiger partial charge on any atom is 0.326 e. The first-order valence-electron chi connectivity index (χ1n) is 6.89. The monoisotopic (exact) mass is 308 g/mol. The fourth-order valence-corrected chi connectivity index (χ4v) is 2.44. The van der Waals surface area contributed by atoms with Crippen molar-refractivity contribution in [2.75, 3.05) is 13.2 Å². The Labute approximate surface area is 126 Å². The highest BCUT2D eigenvalue weighted by atomic mass is 16.6. The largest absolute Gasteiger partial charge is 0.486 e. The van der Waals surface area contributed by atoms with Crippen LogP contribution in [0.4, 0.5) is 5.69 Å². The number of nitro benzene ring substituents is 1. The molecule has 1 amide bonds. The van der Waals surface area contributed by atoms with E-state index in [9.17, 15) is 19.7 Å². The second-order valence-electron chi connectivity index (χ2n) is 4.91. The summed E-state index contributed by atoms with van der Waals surface area (Å²) in [6.07, 6.45) is 1.09. The Bertz CT molecular complexity index is 588. The van der Waals surface area contributed by atoms with E-state index in [0.29, 0.717) is 19.4 Å². The van der Waals surface area contributed by atoms with Crippen molar-refractivity contribution in [1.29, 1.82) is 0 Å². The van der Waals surface area contributed by atoms with Crippen LogP contribution < -0.4 is 4.74 Å². The third-order valence-electron chi connectivity index (χ3n) is 3.49. The van der Waals surface area contributed by atoms with E-state index in [1.54, 1.807) is 6.07 Å². The Balaban J connectivity index is 1.90. The van der Waals surface area contributed by atoms with E-state index in [0.717, 1.165) is 0 Å². The molecule has 1 aromatic carbocycles. The highest BCUT2D eigenvalue weighted by Gasteiger charge is 2.33. The molecular weight excluding hydrogens is 292 g/mol. The average molecular weight is 308 g/mol. The number of carboxylic acid groups (broad SMARTS) is 1. The molecule has 118 valence electrons. The minimum Gasteiger partial charge on any atom is -0.486 e. The number of ether oxygens (including phenoxy) is 1. The van der Waals surface area contributed by atoms with Gasteiger partial charge in [-0.3, -0.25) is 14.9 Å². The molecule has 1 fully saturated rings. The van der Waals surface area contributed by atoms with Crippen molar-refractivity contribution in [3.05, 3.63) is 34.4 Å². The minimum atomic E-state index is -1.01. The number of nitro groups is 1. The number of hydrogen-bond donors (Lipinski definition) is 1. The average Bonchev–Trinajstić information content (AvgIpc) is 2.97. The first kappa shape index (κ1) is 15.7. The fourth-order valence-electron chi connectivity index (χ4n) is 2.44. The Hall–Kier alpha value is -2.64.